The summed E-state index contributed by atoms with van der Waals surface area (Å²) in [6.45, 7) is 0. The number of rotatable bonds is 3. The van der Waals surface area contributed by atoms with Crippen molar-refractivity contribution in [3.8, 4) is 11.3 Å². The van der Waals surface area contributed by atoms with Crippen molar-refractivity contribution >= 4 is 45.9 Å². The predicted molar refractivity (Wildman–Crippen MR) is 94.4 cm³/mol. The van der Waals surface area contributed by atoms with Crippen molar-refractivity contribution in [2.75, 3.05) is 14.2 Å². The fourth-order valence-corrected chi connectivity index (χ4v) is 4.44. The maximum atomic E-state index is 12.4. The molecule has 3 rings (SSSR count). The highest BCUT2D eigenvalue weighted by atomic mass is 35.5. The van der Waals surface area contributed by atoms with E-state index in [0.717, 1.165) is 0 Å². The Morgan fingerprint density at radius 1 is 1.08 bits per heavy atom. The Balaban J connectivity index is 2.37. The van der Waals surface area contributed by atoms with Crippen LogP contribution in [0.3, 0.4) is 0 Å². The maximum Gasteiger partial charge on any atom is 0.340 e. The Morgan fingerprint density at radius 3 is 2.32 bits per heavy atom. The van der Waals surface area contributed by atoms with E-state index in [9.17, 15) is 13.8 Å². The number of ether oxygens (including phenoxy) is 2. The molecule has 0 N–H and O–H groups in total. The number of methoxy groups -OCH3 is 2. The predicted octanol–water partition coefficient (Wildman–Crippen LogP) is 3.25. The van der Waals surface area contributed by atoms with Crippen molar-refractivity contribution in [1.82, 2.24) is 4.57 Å². The van der Waals surface area contributed by atoms with Crippen molar-refractivity contribution in [2.45, 2.75) is 11.6 Å². The molecule has 0 saturated carbocycles. The van der Waals surface area contributed by atoms with Crippen LogP contribution in [-0.2, 0) is 31.9 Å². The van der Waals surface area contributed by atoms with E-state index in [1.807, 2.05) is 0 Å². The molecule has 25 heavy (non-hydrogen) atoms. The number of hydrogen-bond acceptors (Lipinski definition) is 5. The standard InChI is InChI=1S/C16H13Cl2NO5S/c1-23-15(20)12-11-6-25(22)7-19(11)14(13(12)16(21)24-2)8-3-4-9(17)10(18)5-8/h3-5H,6-7H2,1-2H3. The molecule has 0 fully saturated rings. The maximum absolute atomic E-state index is 12.4. The molecule has 1 aliphatic heterocycles. The number of hydrogen-bond donors (Lipinski definition) is 0. The van der Waals surface area contributed by atoms with Crippen LogP contribution in [0.4, 0.5) is 0 Å². The zero-order chi connectivity index (χ0) is 18.3. The van der Waals surface area contributed by atoms with E-state index in [1.54, 1.807) is 22.8 Å². The van der Waals surface area contributed by atoms with Gasteiger partial charge in [-0.1, -0.05) is 29.3 Å². The summed E-state index contributed by atoms with van der Waals surface area (Å²) in [6.07, 6.45) is 0. The van der Waals surface area contributed by atoms with Gasteiger partial charge in [-0.2, -0.15) is 0 Å². The van der Waals surface area contributed by atoms with Gasteiger partial charge in [0.05, 0.1) is 47.2 Å². The third-order valence-electron chi connectivity index (χ3n) is 3.91. The minimum Gasteiger partial charge on any atom is -0.465 e. The van der Waals surface area contributed by atoms with E-state index in [2.05, 4.69) is 0 Å². The Morgan fingerprint density at radius 2 is 1.72 bits per heavy atom. The number of aromatic nitrogens is 1. The second-order valence-electron chi connectivity index (χ2n) is 5.30. The molecular weight excluding hydrogens is 389 g/mol. The molecule has 2 aromatic rings. The third-order valence-corrected chi connectivity index (χ3v) is 5.79. The van der Waals surface area contributed by atoms with Gasteiger partial charge in [0, 0.05) is 22.1 Å². The lowest BCUT2D eigenvalue weighted by molar-refractivity contribution is 0.0556. The topological polar surface area (TPSA) is 74.6 Å². The molecule has 1 unspecified atom stereocenters. The molecule has 0 bridgehead atoms. The molecule has 0 saturated heterocycles. The van der Waals surface area contributed by atoms with E-state index >= 15 is 0 Å². The van der Waals surface area contributed by atoms with E-state index in [-0.39, 0.29) is 22.8 Å². The Labute approximate surface area is 156 Å². The molecule has 0 spiro atoms. The molecule has 1 atom stereocenters. The van der Waals surface area contributed by atoms with E-state index in [0.29, 0.717) is 27.0 Å². The van der Waals surface area contributed by atoms with Crippen LogP contribution in [0.1, 0.15) is 26.4 Å². The molecule has 1 aromatic carbocycles. The van der Waals surface area contributed by atoms with Crippen LogP contribution in [0.25, 0.3) is 11.3 Å². The van der Waals surface area contributed by atoms with Crippen LogP contribution >= 0.6 is 23.2 Å². The molecular formula is C16H13Cl2NO5S. The van der Waals surface area contributed by atoms with Crippen LogP contribution in [0.5, 0.6) is 0 Å². The summed E-state index contributed by atoms with van der Waals surface area (Å²) in [4.78, 5) is 24.7. The molecule has 6 nitrogen and oxygen atoms in total. The molecule has 0 aliphatic carbocycles. The number of benzene rings is 1. The quantitative estimate of drug-likeness (QED) is 0.737. The van der Waals surface area contributed by atoms with Gasteiger partial charge < -0.3 is 14.0 Å². The van der Waals surface area contributed by atoms with Gasteiger partial charge >= 0.3 is 11.9 Å². The van der Waals surface area contributed by atoms with Crippen LogP contribution in [0.2, 0.25) is 10.0 Å². The molecule has 0 radical (unpaired) electrons. The van der Waals surface area contributed by atoms with Gasteiger partial charge in [-0.05, 0) is 12.1 Å². The Kier molecular flexibility index (Phi) is 4.90. The van der Waals surface area contributed by atoms with E-state index in [1.165, 1.54) is 14.2 Å². The zero-order valence-corrected chi connectivity index (χ0v) is 15.6. The molecule has 9 heteroatoms. The lowest BCUT2D eigenvalue weighted by Crippen LogP contribution is -2.12. The van der Waals surface area contributed by atoms with Gasteiger partial charge in [0.25, 0.3) is 0 Å². The lowest BCUT2D eigenvalue weighted by Gasteiger charge is -2.10. The number of halogens is 2. The fraction of sp³-hybridized carbons (Fsp3) is 0.250. The summed E-state index contributed by atoms with van der Waals surface area (Å²) >= 11 is 12.1. The third kappa shape index (κ3) is 2.96. The monoisotopic (exact) mass is 401 g/mol. The average molecular weight is 402 g/mol. The number of carbonyl (C=O) groups is 2. The first-order chi connectivity index (χ1) is 11.9. The van der Waals surface area contributed by atoms with Gasteiger partial charge in [-0.3, -0.25) is 4.21 Å². The minimum absolute atomic E-state index is 0.0689. The number of carbonyl (C=O) groups excluding carboxylic acids is 2. The lowest BCUT2D eigenvalue weighted by atomic mass is 10.0. The smallest absolute Gasteiger partial charge is 0.340 e. The van der Waals surface area contributed by atoms with Crippen molar-refractivity contribution in [1.29, 1.82) is 0 Å². The van der Waals surface area contributed by atoms with Crippen molar-refractivity contribution in [3.05, 3.63) is 45.1 Å². The number of esters is 2. The van der Waals surface area contributed by atoms with E-state index < -0.39 is 22.7 Å². The highest BCUT2D eigenvalue weighted by Crippen LogP contribution is 2.38. The summed E-state index contributed by atoms with van der Waals surface area (Å²) in [5, 5.41) is 0.652. The summed E-state index contributed by atoms with van der Waals surface area (Å²) in [5.41, 5.74) is 1.59. The van der Waals surface area contributed by atoms with Crippen LogP contribution < -0.4 is 0 Å². The first-order valence-corrected chi connectivity index (χ1v) is 9.35. The molecule has 1 aromatic heterocycles. The molecule has 132 valence electrons. The zero-order valence-electron chi connectivity index (χ0n) is 13.3. The first-order valence-electron chi connectivity index (χ1n) is 7.11. The van der Waals surface area contributed by atoms with Gasteiger partial charge in [-0.15, -0.1) is 0 Å². The van der Waals surface area contributed by atoms with Gasteiger partial charge in [0.15, 0.2) is 0 Å². The SMILES string of the molecule is COC(=O)c1c(C(=O)OC)c(-c2ccc(Cl)c(Cl)c2)n2c1CS(=O)C2. The Hall–Kier alpha value is -1.83. The van der Waals surface area contributed by atoms with Gasteiger partial charge in [0.2, 0.25) is 0 Å². The number of fused-ring (bicyclic) bond motifs is 1. The highest BCUT2D eigenvalue weighted by molar-refractivity contribution is 7.83. The Bertz CT molecular complexity index is 922. The van der Waals surface area contributed by atoms with Crippen LogP contribution in [0, 0.1) is 0 Å². The van der Waals surface area contributed by atoms with Crippen LogP contribution in [0.15, 0.2) is 18.2 Å². The van der Waals surface area contributed by atoms with Gasteiger partial charge in [-0.25, -0.2) is 9.59 Å². The average Bonchev–Trinajstić information content (AvgIpc) is 3.10. The van der Waals surface area contributed by atoms with Crippen molar-refractivity contribution < 1.29 is 23.3 Å². The van der Waals surface area contributed by atoms with Crippen molar-refractivity contribution in [2.24, 2.45) is 0 Å². The highest BCUT2D eigenvalue weighted by Gasteiger charge is 2.36. The molecule has 0 amide bonds. The summed E-state index contributed by atoms with van der Waals surface area (Å²) in [7, 11) is 1.26. The molecule has 2 heterocycles. The summed E-state index contributed by atoms with van der Waals surface area (Å²) in [6, 6.07) is 4.84. The van der Waals surface area contributed by atoms with Crippen molar-refractivity contribution in [3.63, 3.8) is 0 Å². The summed E-state index contributed by atoms with van der Waals surface area (Å²) in [5.74, 6) is -1.06. The second kappa shape index (κ2) is 6.82. The summed E-state index contributed by atoms with van der Waals surface area (Å²) < 4.78 is 23.4. The number of nitrogens with zero attached hydrogens (tertiary/aromatic N) is 1. The second-order valence-corrected chi connectivity index (χ2v) is 7.54. The minimum atomic E-state index is -1.19. The molecule has 1 aliphatic rings. The normalized spacial score (nSPS) is 15.8. The van der Waals surface area contributed by atoms with Gasteiger partial charge in [0.1, 0.15) is 5.56 Å². The van der Waals surface area contributed by atoms with E-state index in [4.69, 9.17) is 32.7 Å². The largest absolute Gasteiger partial charge is 0.465 e. The van der Waals surface area contributed by atoms with Crippen LogP contribution in [-0.4, -0.2) is 34.9 Å². The fourth-order valence-electron chi connectivity index (χ4n) is 2.87. The first kappa shape index (κ1) is 18.0.